The summed E-state index contributed by atoms with van der Waals surface area (Å²) in [4.78, 5) is 2.69. The quantitative estimate of drug-likeness (QED) is 0.805. The molecule has 98 valence electrons. The highest BCUT2D eigenvalue weighted by atomic mass is 16.5. The third-order valence-electron chi connectivity index (χ3n) is 5.12. The van der Waals surface area contributed by atoms with Gasteiger partial charge < -0.3 is 10.1 Å². The Balaban J connectivity index is 1.52. The molecule has 3 heteroatoms. The SMILES string of the molecule is COC1CC(N2CCC(NC3CC3)C2)C1(C)C. The van der Waals surface area contributed by atoms with Crippen LogP contribution in [-0.2, 0) is 4.74 Å². The van der Waals surface area contributed by atoms with Crippen molar-refractivity contribution >= 4 is 0 Å². The minimum absolute atomic E-state index is 0.337. The standard InChI is InChI=1S/C14H26N2O/c1-14(2)12(8-13(14)17-3)16-7-6-11(9-16)15-10-4-5-10/h10-13,15H,4-9H2,1-3H3. The van der Waals surface area contributed by atoms with Gasteiger partial charge in [-0.2, -0.15) is 0 Å². The third kappa shape index (κ3) is 2.13. The monoisotopic (exact) mass is 238 g/mol. The van der Waals surface area contributed by atoms with E-state index < -0.39 is 0 Å². The van der Waals surface area contributed by atoms with Crippen LogP contribution < -0.4 is 5.32 Å². The van der Waals surface area contributed by atoms with Gasteiger partial charge in [0.05, 0.1) is 6.10 Å². The summed E-state index contributed by atoms with van der Waals surface area (Å²) < 4.78 is 5.55. The molecule has 3 aliphatic rings. The fraction of sp³-hybridized carbons (Fsp3) is 1.00. The van der Waals surface area contributed by atoms with Gasteiger partial charge in [0.15, 0.2) is 0 Å². The van der Waals surface area contributed by atoms with Gasteiger partial charge in [-0.05, 0) is 25.7 Å². The van der Waals surface area contributed by atoms with Crippen molar-refractivity contribution in [1.29, 1.82) is 0 Å². The van der Waals surface area contributed by atoms with Crippen molar-refractivity contribution < 1.29 is 4.74 Å². The number of nitrogens with one attached hydrogen (secondary N) is 1. The minimum Gasteiger partial charge on any atom is -0.381 e. The lowest BCUT2D eigenvalue weighted by atomic mass is 9.64. The number of ether oxygens (including phenoxy) is 1. The third-order valence-corrected chi connectivity index (χ3v) is 5.12. The van der Waals surface area contributed by atoms with E-state index in [0.717, 1.165) is 18.1 Å². The Morgan fingerprint density at radius 2 is 1.94 bits per heavy atom. The zero-order chi connectivity index (χ0) is 12.0. The molecule has 3 atom stereocenters. The second-order valence-electron chi connectivity index (χ2n) is 6.72. The van der Waals surface area contributed by atoms with Gasteiger partial charge >= 0.3 is 0 Å². The lowest BCUT2D eigenvalue weighted by Crippen LogP contribution is -2.61. The Hall–Kier alpha value is -0.120. The Labute approximate surface area is 105 Å². The van der Waals surface area contributed by atoms with E-state index in [1.807, 2.05) is 7.11 Å². The zero-order valence-corrected chi connectivity index (χ0v) is 11.4. The summed E-state index contributed by atoms with van der Waals surface area (Å²) >= 11 is 0. The first-order chi connectivity index (χ1) is 8.11. The maximum atomic E-state index is 5.55. The van der Waals surface area contributed by atoms with Gasteiger partial charge in [0.2, 0.25) is 0 Å². The molecule has 0 spiro atoms. The van der Waals surface area contributed by atoms with Crippen molar-refractivity contribution in [2.24, 2.45) is 5.41 Å². The maximum absolute atomic E-state index is 5.55. The fourth-order valence-corrected chi connectivity index (χ4v) is 3.67. The summed E-state index contributed by atoms with van der Waals surface area (Å²) in [7, 11) is 1.85. The van der Waals surface area contributed by atoms with Gasteiger partial charge in [0, 0.05) is 43.7 Å². The van der Waals surface area contributed by atoms with E-state index >= 15 is 0 Å². The van der Waals surface area contributed by atoms with E-state index in [1.54, 1.807) is 0 Å². The Bertz CT molecular complexity index is 288. The maximum Gasteiger partial charge on any atom is 0.0652 e. The molecule has 2 saturated carbocycles. The predicted octanol–water partition coefficient (Wildman–Crippen LogP) is 1.63. The van der Waals surface area contributed by atoms with Crippen molar-refractivity contribution in [1.82, 2.24) is 10.2 Å². The van der Waals surface area contributed by atoms with Crippen LogP contribution in [-0.4, -0.2) is 49.3 Å². The Morgan fingerprint density at radius 3 is 2.53 bits per heavy atom. The molecule has 0 amide bonds. The summed E-state index contributed by atoms with van der Waals surface area (Å²) in [5.74, 6) is 0. The van der Waals surface area contributed by atoms with Gasteiger partial charge in [-0.1, -0.05) is 13.8 Å². The van der Waals surface area contributed by atoms with E-state index in [2.05, 4.69) is 24.1 Å². The molecule has 0 aromatic rings. The van der Waals surface area contributed by atoms with Gasteiger partial charge in [-0.25, -0.2) is 0 Å². The molecule has 2 aliphatic carbocycles. The van der Waals surface area contributed by atoms with E-state index in [-0.39, 0.29) is 0 Å². The van der Waals surface area contributed by atoms with E-state index in [0.29, 0.717) is 11.5 Å². The van der Waals surface area contributed by atoms with Crippen LogP contribution in [0.2, 0.25) is 0 Å². The highest BCUT2D eigenvalue weighted by Gasteiger charge is 2.52. The molecule has 1 N–H and O–H groups in total. The fourth-order valence-electron chi connectivity index (χ4n) is 3.67. The van der Waals surface area contributed by atoms with Gasteiger partial charge in [0.25, 0.3) is 0 Å². The summed E-state index contributed by atoms with van der Waals surface area (Å²) in [5.41, 5.74) is 0.337. The zero-order valence-electron chi connectivity index (χ0n) is 11.4. The molecule has 1 saturated heterocycles. The number of nitrogens with zero attached hydrogens (tertiary/aromatic N) is 1. The number of methoxy groups -OCH3 is 1. The van der Waals surface area contributed by atoms with Crippen molar-refractivity contribution in [3.05, 3.63) is 0 Å². The summed E-state index contributed by atoms with van der Waals surface area (Å²) in [5, 5.41) is 3.77. The van der Waals surface area contributed by atoms with Crippen LogP contribution in [0.4, 0.5) is 0 Å². The van der Waals surface area contributed by atoms with Crippen LogP contribution in [0.5, 0.6) is 0 Å². The molecule has 17 heavy (non-hydrogen) atoms. The lowest BCUT2D eigenvalue weighted by Gasteiger charge is -2.54. The molecule has 0 aromatic heterocycles. The molecule has 3 fully saturated rings. The molecule has 1 heterocycles. The van der Waals surface area contributed by atoms with E-state index in [9.17, 15) is 0 Å². The molecule has 0 aromatic carbocycles. The molecule has 0 bridgehead atoms. The van der Waals surface area contributed by atoms with Gasteiger partial charge in [-0.3, -0.25) is 4.90 Å². The van der Waals surface area contributed by atoms with Crippen LogP contribution in [0.15, 0.2) is 0 Å². The van der Waals surface area contributed by atoms with Gasteiger partial charge in [-0.15, -0.1) is 0 Å². The molecule has 3 unspecified atom stereocenters. The van der Waals surface area contributed by atoms with Crippen LogP contribution >= 0.6 is 0 Å². The smallest absolute Gasteiger partial charge is 0.0652 e. The second kappa shape index (κ2) is 4.22. The van der Waals surface area contributed by atoms with E-state index in [4.69, 9.17) is 4.74 Å². The molecular weight excluding hydrogens is 212 g/mol. The molecule has 3 nitrogen and oxygen atoms in total. The van der Waals surface area contributed by atoms with Gasteiger partial charge in [0.1, 0.15) is 0 Å². The molecule has 1 aliphatic heterocycles. The minimum atomic E-state index is 0.337. The van der Waals surface area contributed by atoms with Crippen molar-refractivity contribution in [2.45, 2.75) is 63.8 Å². The molecule has 3 rings (SSSR count). The summed E-state index contributed by atoms with van der Waals surface area (Å²) in [6.07, 6.45) is 5.82. The van der Waals surface area contributed by atoms with Crippen LogP contribution in [0.25, 0.3) is 0 Å². The van der Waals surface area contributed by atoms with Crippen LogP contribution in [0, 0.1) is 5.41 Å². The average Bonchev–Trinajstić information content (AvgIpc) is 2.97. The predicted molar refractivity (Wildman–Crippen MR) is 69.1 cm³/mol. The average molecular weight is 238 g/mol. The second-order valence-corrected chi connectivity index (χ2v) is 6.72. The highest BCUT2D eigenvalue weighted by Crippen LogP contribution is 2.46. The number of hydrogen-bond acceptors (Lipinski definition) is 3. The van der Waals surface area contributed by atoms with Crippen molar-refractivity contribution in [2.75, 3.05) is 20.2 Å². The highest BCUT2D eigenvalue weighted by molar-refractivity contribution is 5.06. The normalized spacial score (nSPS) is 41.5. The lowest BCUT2D eigenvalue weighted by molar-refractivity contribution is -0.133. The number of rotatable bonds is 4. The van der Waals surface area contributed by atoms with Crippen molar-refractivity contribution in [3.63, 3.8) is 0 Å². The van der Waals surface area contributed by atoms with E-state index in [1.165, 1.54) is 38.8 Å². The largest absolute Gasteiger partial charge is 0.381 e. The molecular formula is C14H26N2O. The van der Waals surface area contributed by atoms with Crippen LogP contribution in [0.1, 0.15) is 39.5 Å². The number of hydrogen-bond donors (Lipinski definition) is 1. The topological polar surface area (TPSA) is 24.5 Å². The number of likely N-dealkylation sites (tertiary alicyclic amines) is 1. The Morgan fingerprint density at radius 1 is 1.18 bits per heavy atom. The Kier molecular flexibility index (Phi) is 2.96. The first-order valence-electron chi connectivity index (χ1n) is 7.14. The summed E-state index contributed by atoms with van der Waals surface area (Å²) in [6.45, 7) is 7.24. The first kappa shape index (κ1) is 11.9. The first-order valence-corrected chi connectivity index (χ1v) is 7.14. The van der Waals surface area contributed by atoms with Crippen LogP contribution in [0.3, 0.4) is 0 Å². The summed E-state index contributed by atoms with van der Waals surface area (Å²) in [6, 6.07) is 2.33. The van der Waals surface area contributed by atoms with Crippen molar-refractivity contribution in [3.8, 4) is 0 Å². The molecule has 0 radical (unpaired) electrons.